The predicted octanol–water partition coefficient (Wildman–Crippen LogP) is 3.62. The minimum Gasteiger partial charge on any atom is -0.206 e. The molecule has 27 heavy (non-hydrogen) atoms. The van der Waals surface area contributed by atoms with E-state index in [1.54, 1.807) is 48.5 Å². The van der Waals surface area contributed by atoms with Crippen molar-refractivity contribution in [2.45, 2.75) is 23.6 Å². The third-order valence-corrected chi connectivity index (χ3v) is 8.63. The average molecular weight is 399 g/mol. The summed E-state index contributed by atoms with van der Waals surface area (Å²) in [7, 11) is -8.40. The van der Waals surface area contributed by atoms with E-state index in [1.165, 1.54) is 0 Å². The van der Waals surface area contributed by atoms with E-state index in [0.717, 1.165) is 11.1 Å². The highest BCUT2D eigenvalue weighted by molar-refractivity contribution is 8.07. The summed E-state index contributed by atoms with van der Waals surface area (Å²) in [6, 6.07) is 18.0. The molecule has 0 fully saturated rings. The molecule has 0 aliphatic carbocycles. The van der Waals surface area contributed by atoms with Crippen LogP contribution < -0.4 is 4.13 Å². The molecule has 1 aliphatic rings. The minimum atomic E-state index is -4.20. The molecule has 0 saturated carbocycles. The Bertz CT molecular complexity index is 1160. The Morgan fingerprint density at radius 3 is 1.26 bits per heavy atom. The Morgan fingerprint density at radius 1 is 0.593 bits per heavy atom. The summed E-state index contributed by atoms with van der Waals surface area (Å²) in [4.78, 5) is -0.341. The number of nitrogens with one attached hydrogen (secondary N) is 1. The first-order chi connectivity index (χ1) is 12.7. The molecule has 0 spiro atoms. The number of benzene rings is 3. The normalized spacial score (nSPS) is 16.8. The van der Waals surface area contributed by atoms with Crippen LogP contribution in [0.3, 0.4) is 0 Å². The standard InChI is InChI=1S/C20H17NO4S2/c1-13-14(2)18(16-11-7-4-8-12-16)20-19(26(22,23)21-27(20,24)25)17(13)15-9-5-3-6-10-15/h3-12,21H,1-2H3. The molecule has 138 valence electrons. The second kappa shape index (κ2) is 6.02. The Morgan fingerprint density at radius 2 is 0.926 bits per heavy atom. The molecular weight excluding hydrogens is 382 g/mol. The summed E-state index contributed by atoms with van der Waals surface area (Å²) in [6.07, 6.45) is 0. The molecule has 1 N–H and O–H groups in total. The Hall–Kier alpha value is -2.48. The van der Waals surface area contributed by atoms with Crippen LogP contribution in [0.5, 0.6) is 0 Å². The molecule has 0 unspecified atom stereocenters. The fourth-order valence-corrected chi connectivity index (χ4v) is 7.84. The summed E-state index contributed by atoms with van der Waals surface area (Å²) in [5, 5.41) is 0. The lowest BCUT2D eigenvalue weighted by atomic mass is 9.90. The van der Waals surface area contributed by atoms with E-state index in [4.69, 9.17) is 0 Å². The van der Waals surface area contributed by atoms with Crippen molar-refractivity contribution in [3.63, 3.8) is 0 Å². The van der Waals surface area contributed by atoms with Crippen molar-refractivity contribution in [1.29, 1.82) is 0 Å². The van der Waals surface area contributed by atoms with Crippen molar-refractivity contribution in [2.24, 2.45) is 0 Å². The van der Waals surface area contributed by atoms with Gasteiger partial charge in [-0.3, -0.25) is 0 Å². The van der Waals surface area contributed by atoms with E-state index in [-0.39, 0.29) is 9.79 Å². The maximum Gasteiger partial charge on any atom is 0.255 e. The van der Waals surface area contributed by atoms with Gasteiger partial charge in [-0.15, -0.1) is 4.13 Å². The Balaban J connectivity index is 2.26. The van der Waals surface area contributed by atoms with Crippen molar-refractivity contribution < 1.29 is 16.8 Å². The smallest absolute Gasteiger partial charge is 0.206 e. The van der Waals surface area contributed by atoms with Gasteiger partial charge in [-0.05, 0) is 36.1 Å². The van der Waals surface area contributed by atoms with E-state index < -0.39 is 20.0 Å². The maximum atomic E-state index is 12.8. The van der Waals surface area contributed by atoms with Gasteiger partial charge >= 0.3 is 0 Å². The molecule has 0 bridgehead atoms. The lowest BCUT2D eigenvalue weighted by Crippen LogP contribution is -2.21. The highest BCUT2D eigenvalue weighted by Gasteiger charge is 2.44. The Labute approximate surface area is 158 Å². The van der Waals surface area contributed by atoms with E-state index in [0.29, 0.717) is 22.3 Å². The van der Waals surface area contributed by atoms with Crippen molar-refractivity contribution in [3.05, 3.63) is 71.8 Å². The Kier molecular flexibility index (Phi) is 3.99. The highest BCUT2D eigenvalue weighted by Crippen LogP contribution is 2.46. The van der Waals surface area contributed by atoms with Crippen LogP contribution in [0.15, 0.2) is 70.5 Å². The second-order valence-corrected chi connectivity index (χ2v) is 9.98. The summed E-state index contributed by atoms with van der Waals surface area (Å²) < 4.78 is 53.1. The zero-order valence-electron chi connectivity index (χ0n) is 14.7. The monoisotopic (exact) mass is 399 g/mol. The van der Waals surface area contributed by atoms with Crippen LogP contribution >= 0.6 is 0 Å². The number of fused-ring (bicyclic) bond motifs is 1. The van der Waals surface area contributed by atoms with Crippen LogP contribution in [-0.2, 0) is 20.0 Å². The molecule has 0 amide bonds. The van der Waals surface area contributed by atoms with Crippen molar-refractivity contribution in [1.82, 2.24) is 4.13 Å². The average Bonchev–Trinajstić information content (AvgIpc) is 2.82. The first-order valence-corrected chi connectivity index (χ1v) is 11.3. The van der Waals surface area contributed by atoms with E-state index in [1.807, 2.05) is 30.1 Å². The second-order valence-electron chi connectivity index (χ2n) is 6.48. The van der Waals surface area contributed by atoms with Gasteiger partial charge in [0.15, 0.2) is 0 Å². The van der Waals surface area contributed by atoms with E-state index in [9.17, 15) is 16.8 Å². The zero-order chi connectivity index (χ0) is 19.4. The molecule has 1 aliphatic heterocycles. The molecule has 5 nitrogen and oxygen atoms in total. The predicted molar refractivity (Wildman–Crippen MR) is 104 cm³/mol. The topological polar surface area (TPSA) is 80.3 Å². The van der Waals surface area contributed by atoms with Gasteiger partial charge in [-0.25, -0.2) is 16.8 Å². The van der Waals surface area contributed by atoms with Crippen molar-refractivity contribution in [2.75, 3.05) is 0 Å². The molecule has 1 heterocycles. The van der Waals surface area contributed by atoms with Crippen LogP contribution in [0.25, 0.3) is 22.3 Å². The number of rotatable bonds is 2. The molecule has 0 radical (unpaired) electrons. The van der Waals surface area contributed by atoms with E-state index in [2.05, 4.69) is 0 Å². The summed E-state index contributed by atoms with van der Waals surface area (Å²) in [5.41, 5.74) is 3.66. The molecule has 3 aromatic carbocycles. The van der Waals surface area contributed by atoms with Gasteiger partial charge in [-0.1, -0.05) is 60.7 Å². The van der Waals surface area contributed by atoms with Gasteiger partial charge in [0.2, 0.25) is 0 Å². The van der Waals surface area contributed by atoms with Crippen LogP contribution in [0, 0.1) is 13.8 Å². The number of sulfonamides is 2. The third kappa shape index (κ3) is 2.70. The lowest BCUT2D eigenvalue weighted by molar-refractivity contribution is 0.586. The molecule has 0 aromatic heterocycles. The molecule has 3 aromatic rings. The summed E-state index contributed by atoms with van der Waals surface area (Å²) >= 11 is 0. The first kappa shape index (κ1) is 17.9. The van der Waals surface area contributed by atoms with Gasteiger partial charge in [0.1, 0.15) is 9.79 Å². The fourth-order valence-electron chi connectivity index (χ4n) is 3.59. The van der Waals surface area contributed by atoms with Crippen LogP contribution in [0.4, 0.5) is 0 Å². The third-order valence-electron chi connectivity index (χ3n) is 4.85. The van der Waals surface area contributed by atoms with E-state index >= 15 is 0 Å². The zero-order valence-corrected chi connectivity index (χ0v) is 16.4. The van der Waals surface area contributed by atoms with Gasteiger partial charge in [0.05, 0.1) is 0 Å². The quantitative estimate of drug-likeness (QED) is 0.714. The minimum absolute atomic E-state index is 0.171. The summed E-state index contributed by atoms with van der Waals surface area (Å²) in [6.45, 7) is 3.65. The van der Waals surface area contributed by atoms with Gasteiger partial charge in [0, 0.05) is 11.1 Å². The van der Waals surface area contributed by atoms with Crippen molar-refractivity contribution >= 4 is 20.0 Å². The molecule has 0 saturated heterocycles. The fraction of sp³-hybridized carbons (Fsp3) is 0.100. The molecule has 0 atom stereocenters. The molecule has 4 rings (SSSR count). The largest absolute Gasteiger partial charge is 0.255 e. The highest BCUT2D eigenvalue weighted by atomic mass is 32.3. The SMILES string of the molecule is Cc1c(C)c(-c2ccccc2)c2c(c1-c1ccccc1)S(=O)(=O)NS2(=O)=O. The maximum absolute atomic E-state index is 12.8. The van der Waals surface area contributed by atoms with Crippen LogP contribution in [0.2, 0.25) is 0 Å². The first-order valence-electron chi connectivity index (χ1n) is 8.30. The number of hydrogen-bond acceptors (Lipinski definition) is 4. The van der Waals surface area contributed by atoms with Gasteiger partial charge in [0.25, 0.3) is 20.0 Å². The number of hydrogen-bond donors (Lipinski definition) is 1. The molecular formula is C20H17NO4S2. The van der Waals surface area contributed by atoms with Crippen molar-refractivity contribution in [3.8, 4) is 22.3 Å². The van der Waals surface area contributed by atoms with Crippen LogP contribution in [0.1, 0.15) is 11.1 Å². The molecule has 7 heteroatoms. The van der Waals surface area contributed by atoms with Crippen LogP contribution in [-0.4, -0.2) is 16.8 Å². The van der Waals surface area contributed by atoms with Gasteiger partial charge < -0.3 is 0 Å². The lowest BCUT2D eigenvalue weighted by Gasteiger charge is -2.18. The van der Waals surface area contributed by atoms with Gasteiger partial charge in [-0.2, -0.15) is 0 Å². The summed E-state index contributed by atoms with van der Waals surface area (Å²) in [5.74, 6) is 0.